The van der Waals surface area contributed by atoms with E-state index < -0.39 is 35.6 Å². The molecule has 2 amide bonds. The maximum atomic E-state index is 13.9. The number of fused-ring (bicyclic) bond motifs is 2. The van der Waals surface area contributed by atoms with E-state index in [9.17, 15) is 19.5 Å². The number of benzene rings is 1. The molecule has 5 atom stereocenters. The number of aliphatic hydroxyl groups is 1. The second-order valence-electron chi connectivity index (χ2n) is 9.30. The molecule has 4 aliphatic rings. The van der Waals surface area contributed by atoms with Crippen LogP contribution in [0.25, 0.3) is 0 Å². The molecule has 8 nitrogen and oxygen atoms in total. The molecular weight excluding hydrogens is 436 g/mol. The highest BCUT2D eigenvalue weighted by molar-refractivity contribution is 5.99. The molecule has 0 aromatic heterocycles. The first kappa shape index (κ1) is 22.8. The maximum Gasteiger partial charge on any atom is 0.312 e. The van der Waals surface area contributed by atoms with Crippen LogP contribution >= 0.6 is 0 Å². The van der Waals surface area contributed by atoms with Crippen molar-refractivity contribution in [2.45, 2.75) is 43.6 Å². The van der Waals surface area contributed by atoms with Gasteiger partial charge < -0.3 is 24.4 Å². The minimum absolute atomic E-state index is 0.00780. The van der Waals surface area contributed by atoms with Crippen LogP contribution in [0.2, 0.25) is 0 Å². The number of likely N-dealkylation sites (tertiary alicyclic amines) is 1. The smallest absolute Gasteiger partial charge is 0.312 e. The number of allylic oxidation sites excluding steroid dienone is 1. The summed E-state index contributed by atoms with van der Waals surface area (Å²) in [7, 11) is 0. The lowest BCUT2D eigenvalue weighted by molar-refractivity contribution is -0.155. The van der Waals surface area contributed by atoms with Gasteiger partial charge in [-0.25, -0.2) is 0 Å². The molecule has 0 radical (unpaired) electrons. The summed E-state index contributed by atoms with van der Waals surface area (Å²) >= 11 is 0. The van der Waals surface area contributed by atoms with Crippen molar-refractivity contribution < 1.29 is 29.0 Å². The van der Waals surface area contributed by atoms with Crippen molar-refractivity contribution in [2.24, 2.45) is 11.8 Å². The molecule has 5 rings (SSSR count). The standard InChI is InChI=1S/C26H30N2O6/c29-15-14-28-22-24(31)27(17-18-9-4-3-5-10-18)13-8-12-26(22)21(23(28)30)20-19(34-26)11-6-1-2-7-16-33-25(20)32/h3-6,8-12,19-22,29H,1-2,7,13-17H2/b11-6-/t19-,20+,21+,22?,26+/m1/s1. The number of hydrogen-bond donors (Lipinski definition) is 1. The first-order valence-corrected chi connectivity index (χ1v) is 12.0. The number of cyclic esters (lactones) is 1. The normalized spacial score (nSPS) is 34.2. The summed E-state index contributed by atoms with van der Waals surface area (Å²) < 4.78 is 12.0. The van der Waals surface area contributed by atoms with Gasteiger partial charge in [0.2, 0.25) is 11.8 Å². The molecule has 2 fully saturated rings. The van der Waals surface area contributed by atoms with Crippen molar-refractivity contribution in [1.82, 2.24) is 9.80 Å². The monoisotopic (exact) mass is 466 g/mol. The molecule has 0 aliphatic carbocycles. The second kappa shape index (κ2) is 9.35. The zero-order valence-electron chi connectivity index (χ0n) is 19.0. The summed E-state index contributed by atoms with van der Waals surface area (Å²) in [5.41, 5.74) is -0.315. The van der Waals surface area contributed by atoms with Gasteiger partial charge in [-0.15, -0.1) is 0 Å². The zero-order chi connectivity index (χ0) is 23.7. The van der Waals surface area contributed by atoms with Crippen LogP contribution in [0.5, 0.6) is 0 Å². The molecule has 34 heavy (non-hydrogen) atoms. The van der Waals surface area contributed by atoms with Crippen molar-refractivity contribution in [2.75, 3.05) is 26.3 Å². The minimum atomic E-state index is -1.29. The fraction of sp³-hybridized carbons (Fsp3) is 0.500. The molecular formula is C26H30N2O6. The third kappa shape index (κ3) is 3.75. The van der Waals surface area contributed by atoms with Gasteiger partial charge in [-0.2, -0.15) is 0 Å². The van der Waals surface area contributed by atoms with Crippen LogP contribution in [-0.2, 0) is 30.4 Å². The van der Waals surface area contributed by atoms with E-state index in [4.69, 9.17) is 9.47 Å². The molecule has 0 bridgehead atoms. The predicted molar refractivity (Wildman–Crippen MR) is 122 cm³/mol. The number of hydrogen-bond acceptors (Lipinski definition) is 6. The average Bonchev–Trinajstić information content (AvgIpc) is 3.22. The van der Waals surface area contributed by atoms with Gasteiger partial charge in [-0.3, -0.25) is 14.4 Å². The molecule has 1 unspecified atom stereocenters. The lowest BCUT2D eigenvalue weighted by atomic mass is 9.78. The number of nitrogens with zero attached hydrogens (tertiary/aromatic N) is 2. The number of rotatable bonds is 4. The molecule has 4 heterocycles. The second-order valence-corrected chi connectivity index (χ2v) is 9.30. The Hall–Kier alpha value is -2.97. The number of ether oxygens (including phenoxy) is 2. The van der Waals surface area contributed by atoms with Gasteiger partial charge in [0.1, 0.15) is 17.6 Å². The van der Waals surface area contributed by atoms with Crippen molar-refractivity contribution in [3.63, 3.8) is 0 Å². The Balaban J connectivity index is 1.55. The number of aliphatic hydroxyl groups excluding tert-OH is 1. The Morgan fingerprint density at radius 1 is 1.06 bits per heavy atom. The van der Waals surface area contributed by atoms with Gasteiger partial charge in [0.25, 0.3) is 0 Å². The molecule has 4 aliphatic heterocycles. The highest BCUT2D eigenvalue weighted by atomic mass is 16.6. The maximum absolute atomic E-state index is 13.9. The first-order valence-electron chi connectivity index (χ1n) is 12.0. The Bertz CT molecular complexity index is 1010. The molecule has 2 saturated heterocycles. The summed E-state index contributed by atoms with van der Waals surface area (Å²) in [6.07, 6.45) is 9.31. The zero-order valence-corrected chi connectivity index (χ0v) is 19.0. The van der Waals surface area contributed by atoms with E-state index in [1.165, 1.54) is 4.90 Å². The Morgan fingerprint density at radius 2 is 1.88 bits per heavy atom. The third-order valence-electron chi connectivity index (χ3n) is 7.24. The van der Waals surface area contributed by atoms with Gasteiger partial charge in [-0.05, 0) is 24.8 Å². The van der Waals surface area contributed by atoms with Gasteiger partial charge in [-0.1, -0.05) is 54.6 Å². The lowest BCUT2D eigenvalue weighted by Gasteiger charge is -2.35. The Labute approximate surface area is 198 Å². The molecule has 0 saturated carbocycles. The lowest BCUT2D eigenvalue weighted by Crippen LogP contribution is -2.55. The Morgan fingerprint density at radius 3 is 2.68 bits per heavy atom. The van der Waals surface area contributed by atoms with E-state index in [0.29, 0.717) is 19.7 Å². The molecule has 1 N–H and O–H groups in total. The van der Waals surface area contributed by atoms with E-state index in [0.717, 1.165) is 24.8 Å². The summed E-state index contributed by atoms with van der Waals surface area (Å²) in [6, 6.07) is 8.70. The predicted octanol–water partition coefficient (Wildman–Crippen LogP) is 1.44. The number of β-amino-alcohol motifs (C(OH)–C–C–N with tert-alkyl or cyclic N) is 1. The van der Waals surface area contributed by atoms with Crippen LogP contribution in [-0.4, -0.2) is 76.7 Å². The van der Waals surface area contributed by atoms with Crippen LogP contribution in [0.4, 0.5) is 0 Å². The first-order chi connectivity index (χ1) is 16.6. The van der Waals surface area contributed by atoms with Crippen LogP contribution in [0.15, 0.2) is 54.6 Å². The van der Waals surface area contributed by atoms with E-state index in [-0.39, 0.29) is 25.0 Å². The average molecular weight is 467 g/mol. The molecule has 180 valence electrons. The highest BCUT2D eigenvalue weighted by Crippen LogP contribution is 2.53. The van der Waals surface area contributed by atoms with Gasteiger partial charge in [0.05, 0.1) is 25.2 Å². The molecule has 8 heteroatoms. The molecule has 1 aromatic rings. The highest BCUT2D eigenvalue weighted by Gasteiger charge is 2.71. The minimum Gasteiger partial charge on any atom is -0.465 e. The van der Waals surface area contributed by atoms with Crippen molar-refractivity contribution in [1.29, 1.82) is 0 Å². The van der Waals surface area contributed by atoms with E-state index in [1.54, 1.807) is 11.0 Å². The number of amides is 2. The van der Waals surface area contributed by atoms with Crippen LogP contribution in [0.3, 0.4) is 0 Å². The molecule has 1 spiro atoms. The fourth-order valence-corrected chi connectivity index (χ4v) is 5.76. The molecule has 1 aromatic carbocycles. The summed E-state index contributed by atoms with van der Waals surface area (Å²) in [4.78, 5) is 43.9. The summed E-state index contributed by atoms with van der Waals surface area (Å²) in [6.45, 7) is 0.745. The van der Waals surface area contributed by atoms with Crippen molar-refractivity contribution in [3.05, 3.63) is 60.2 Å². The van der Waals surface area contributed by atoms with Crippen molar-refractivity contribution >= 4 is 17.8 Å². The SMILES string of the molecule is O=C1OCCCC/C=C\[C@H]2O[C@]34C=CCN(Cc5ccccc5)C(=O)C3N(CCO)C(=O)[C@@H]4[C@@H]12. The van der Waals surface area contributed by atoms with Crippen LogP contribution in [0, 0.1) is 11.8 Å². The quantitative estimate of drug-likeness (QED) is 0.533. The van der Waals surface area contributed by atoms with Crippen LogP contribution in [0.1, 0.15) is 24.8 Å². The number of esters is 1. The van der Waals surface area contributed by atoms with E-state index >= 15 is 0 Å². The van der Waals surface area contributed by atoms with Gasteiger partial charge in [0, 0.05) is 19.6 Å². The van der Waals surface area contributed by atoms with Crippen molar-refractivity contribution in [3.8, 4) is 0 Å². The largest absolute Gasteiger partial charge is 0.465 e. The number of carbonyl (C=O) groups is 3. The van der Waals surface area contributed by atoms with Gasteiger partial charge >= 0.3 is 5.97 Å². The van der Waals surface area contributed by atoms with Gasteiger partial charge in [0.15, 0.2) is 0 Å². The number of carbonyl (C=O) groups excluding carboxylic acids is 3. The third-order valence-corrected chi connectivity index (χ3v) is 7.24. The van der Waals surface area contributed by atoms with E-state index in [2.05, 4.69) is 0 Å². The van der Waals surface area contributed by atoms with E-state index in [1.807, 2.05) is 48.6 Å². The summed E-state index contributed by atoms with van der Waals surface area (Å²) in [5, 5.41) is 9.71. The fourth-order valence-electron chi connectivity index (χ4n) is 5.76. The topological polar surface area (TPSA) is 96.4 Å². The van der Waals surface area contributed by atoms with Crippen LogP contribution < -0.4 is 0 Å². The summed E-state index contributed by atoms with van der Waals surface area (Å²) in [5.74, 6) is -2.80. The Kier molecular flexibility index (Phi) is 6.27.